The molecule has 0 spiro atoms. The summed E-state index contributed by atoms with van der Waals surface area (Å²) in [6.07, 6.45) is 7.90. The van der Waals surface area contributed by atoms with Crippen LogP contribution < -0.4 is 5.73 Å². The Labute approximate surface area is 110 Å². The number of piperazine rings is 1. The zero-order valence-electron chi connectivity index (χ0n) is 11.4. The molecule has 2 fully saturated rings. The molecule has 0 aromatic rings. The smallest absolute Gasteiger partial charge is 0.222 e. The van der Waals surface area contributed by atoms with Crippen LogP contribution in [0, 0.1) is 0 Å². The van der Waals surface area contributed by atoms with E-state index in [-0.39, 0.29) is 0 Å². The Bertz CT molecular complexity index is 258. The summed E-state index contributed by atoms with van der Waals surface area (Å²) >= 11 is 0. The Morgan fingerprint density at radius 3 is 2.28 bits per heavy atom. The van der Waals surface area contributed by atoms with Crippen LogP contribution in [0.15, 0.2) is 0 Å². The Morgan fingerprint density at radius 1 is 1.00 bits per heavy atom. The van der Waals surface area contributed by atoms with Crippen LogP contribution in [0.3, 0.4) is 0 Å². The van der Waals surface area contributed by atoms with Crippen molar-refractivity contribution in [3.8, 4) is 0 Å². The van der Waals surface area contributed by atoms with Gasteiger partial charge in [-0.25, -0.2) is 0 Å². The van der Waals surface area contributed by atoms with E-state index in [1.54, 1.807) is 0 Å². The molecule has 2 rings (SSSR count). The number of amides is 1. The predicted octanol–water partition coefficient (Wildman–Crippen LogP) is 1.20. The summed E-state index contributed by atoms with van der Waals surface area (Å²) in [5, 5.41) is 0. The molecule has 1 saturated carbocycles. The Morgan fingerprint density at radius 2 is 1.67 bits per heavy atom. The van der Waals surface area contributed by atoms with Crippen molar-refractivity contribution in [3.05, 3.63) is 0 Å². The molecule has 2 N–H and O–H groups in total. The molecule has 0 aromatic heterocycles. The maximum Gasteiger partial charge on any atom is 0.222 e. The van der Waals surface area contributed by atoms with Crippen LogP contribution >= 0.6 is 0 Å². The number of carbonyl (C=O) groups is 1. The van der Waals surface area contributed by atoms with Gasteiger partial charge in [0.2, 0.25) is 5.91 Å². The number of hydrogen-bond donors (Lipinski definition) is 1. The molecular weight excluding hydrogens is 226 g/mol. The van der Waals surface area contributed by atoms with Crippen molar-refractivity contribution in [1.29, 1.82) is 0 Å². The number of unbranched alkanes of at least 4 members (excludes halogenated alkanes) is 3. The zero-order valence-corrected chi connectivity index (χ0v) is 11.4. The van der Waals surface area contributed by atoms with Gasteiger partial charge in [-0.05, 0) is 32.2 Å². The quantitative estimate of drug-likeness (QED) is 0.694. The average Bonchev–Trinajstić information content (AvgIpc) is 3.23. The van der Waals surface area contributed by atoms with Gasteiger partial charge in [0.05, 0.1) is 0 Å². The van der Waals surface area contributed by atoms with Crippen LogP contribution in [0.2, 0.25) is 0 Å². The molecule has 1 aliphatic carbocycles. The molecule has 0 unspecified atom stereocenters. The van der Waals surface area contributed by atoms with Gasteiger partial charge in [0.1, 0.15) is 0 Å². The maximum absolute atomic E-state index is 12.0. The van der Waals surface area contributed by atoms with Crippen LogP contribution in [-0.2, 0) is 4.79 Å². The topological polar surface area (TPSA) is 49.6 Å². The molecule has 4 nitrogen and oxygen atoms in total. The average molecular weight is 253 g/mol. The zero-order chi connectivity index (χ0) is 12.8. The summed E-state index contributed by atoms with van der Waals surface area (Å²) in [5.74, 6) is 0.359. The number of carbonyl (C=O) groups excluding carboxylic acids is 1. The van der Waals surface area contributed by atoms with E-state index in [1.165, 1.54) is 19.3 Å². The molecule has 2 aliphatic rings. The molecule has 1 saturated heterocycles. The van der Waals surface area contributed by atoms with Crippen molar-refractivity contribution in [1.82, 2.24) is 9.80 Å². The van der Waals surface area contributed by atoms with Crippen LogP contribution in [0.5, 0.6) is 0 Å². The highest BCUT2D eigenvalue weighted by Crippen LogP contribution is 2.27. The van der Waals surface area contributed by atoms with E-state index in [4.69, 9.17) is 5.73 Å². The van der Waals surface area contributed by atoms with Gasteiger partial charge in [-0.3, -0.25) is 9.69 Å². The lowest BCUT2D eigenvalue weighted by Gasteiger charge is -2.34. The molecular formula is C14H27N3O. The van der Waals surface area contributed by atoms with Crippen LogP contribution in [-0.4, -0.2) is 54.5 Å². The van der Waals surface area contributed by atoms with Gasteiger partial charge in [0, 0.05) is 38.6 Å². The number of hydrogen-bond acceptors (Lipinski definition) is 3. The van der Waals surface area contributed by atoms with Crippen LogP contribution in [0.1, 0.15) is 44.9 Å². The first kappa shape index (κ1) is 13.8. The van der Waals surface area contributed by atoms with Crippen molar-refractivity contribution in [2.24, 2.45) is 5.73 Å². The van der Waals surface area contributed by atoms with Gasteiger partial charge < -0.3 is 10.6 Å². The SMILES string of the molecule is NCCCCCCC(=O)N1CCN(C2CC2)CC1. The van der Waals surface area contributed by atoms with Crippen molar-refractivity contribution in [2.75, 3.05) is 32.7 Å². The second kappa shape index (κ2) is 7.10. The van der Waals surface area contributed by atoms with Crippen LogP contribution in [0.25, 0.3) is 0 Å². The lowest BCUT2D eigenvalue weighted by Crippen LogP contribution is -2.49. The molecule has 0 bridgehead atoms. The minimum absolute atomic E-state index is 0.359. The third-order valence-electron chi connectivity index (χ3n) is 4.08. The predicted molar refractivity (Wildman–Crippen MR) is 73.3 cm³/mol. The summed E-state index contributed by atoms with van der Waals surface area (Å²) in [6, 6.07) is 0.846. The van der Waals surface area contributed by atoms with Crippen molar-refractivity contribution >= 4 is 5.91 Å². The summed E-state index contributed by atoms with van der Waals surface area (Å²) in [7, 11) is 0. The van der Waals surface area contributed by atoms with Crippen molar-refractivity contribution in [3.63, 3.8) is 0 Å². The third kappa shape index (κ3) is 4.25. The molecule has 1 heterocycles. The maximum atomic E-state index is 12.0. The van der Waals surface area contributed by atoms with Gasteiger partial charge in [0.15, 0.2) is 0 Å². The highest BCUT2D eigenvalue weighted by atomic mass is 16.2. The fourth-order valence-electron chi connectivity index (χ4n) is 2.71. The van der Waals surface area contributed by atoms with E-state index in [2.05, 4.69) is 9.80 Å². The van der Waals surface area contributed by atoms with Gasteiger partial charge >= 0.3 is 0 Å². The van der Waals surface area contributed by atoms with E-state index < -0.39 is 0 Å². The fraction of sp³-hybridized carbons (Fsp3) is 0.929. The number of nitrogens with zero attached hydrogens (tertiary/aromatic N) is 2. The highest BCUT2D eigenvalue weighted by molar-refractivity contribution is 5.76. The van der Waals surface area contributed by atoms with E-state index in [0.29, 0.717) is 5.91 Å². The minimum Gasteiger partial charge on any atom is -0.340 e. The second-order valence-electron chi connectivity index (χ2n) is 5.60. The van der Waals surface area contributed by atoms with Crippen molar-refractivity contribution < 1.29 is 4.79 Å². The van der Waals surface area contributed by atoms with Crippen molar-refractivity contribution in [2.45, 2.75) is 51.0 Å². The van der Waals surface area contributed by atoms with Gasteiger partial charge in [0.25, 0.3) is 0 Å². The summed E-state index contributed by atoms with van der Waals surface area (Å²) in [6.45, 7) is 4.83. The summed E-state index contributed by atoms with van der Waals surface area (Å²) in [4.78, 5) is 16.6. The van der Waals surface area contributed by atoms with E-state index in [0.717, 1.165) is 64.4 Å². The largest absolute Gasteiger partial charge is 0.340 e. The Hall–Kier alpha value is -0.610. The molecule has 1 amide bonds. The Balaban J connectivity index is 1.55. The summed E-state index contributed by atoms with van der Waals surface area (Å²) in [5.41, 5.74) is 5.45. The molecule has 0 atom stereocenters. The van der Waals surface area contributed by atoms with E-state index >= 15 is 0 Å². The molecule has 4 heteroatoms. The first-order valence-corrected chi connectivity index (χ1v) is 7.53. The van der Waals surface area contributed by atoms with E-state index in [9.17, 15) is 4.79 Å². The summed E-state index contributed by atoms with van der Waals surface area (Å²) < 4.78 is 0. The third-order valence-corrected chi connectivity index (χ3v) is 4.08. The van der Waals surface area contributed by atoms with Gasteiger partial charge in [-0.2, -0.15) is 0 Å². The molecule has 18 heavy (non-hydrogen) atoms. The first-order chi connectivity index (χ1) is 8.81. The van der Waals surface area contributed by atoms with Crippen LogP contribution in [0.4, 0.5) is 0 Å². The fourth-order valence-corrected chi connectivity index (χ4v) is 2.71. The minimum atomic E-state index is 0.359. The molecule has 0 aromatic carbocycles. The van der Waals surface area contributed by atoms with Gasteiger partial charge in [-0.1, -0.05) is 12.8 Å². The number of nitrogens with two attached hydrogens (primary N) is 1. The second-order valence-corrected chi connectivity index (χ2v) is 5.60. The Kier molecular flexibility index (Phi) is 5.45. The van der Waals surface area contributed by atoms with E-state index in [1.807, 2.05) is 0 Å². The normalized spacial score (nSPS) is 21.3. The lowest BCUT2D eigenvalue weighted by atomic mass is 10.1. The standard InChI is InChI=1S/C14H27N3O/c15-8-4-2-1-3-5-14(18)17-11-9-16(10-12-17)13-6-7-13/h13H,1-12,15H2. The molecule has 104 valence electrons. The highest BCUT2D eigenvalue weighted by Gasteiger charge is 2.31. The molecule has 0 radical (unpaired) electrons. The van der Waals surface area contributed by atoms with Gasteiger partial charge in [-0.15, -0.1) is 0 Å². The lowest BCUT2D eigenvalue weighted by molar-refractivity contribution is -0.133. The first-order valence-electron chi connectivity index (χ1n) is 7.53. The molecule has 1 aliphatic heterocycles. The number of rotatable bonds is 7. The monoisotopic (exact) mass is 253 g/mol.